The summed E-state index contributed by atoms with van der Waals surface area (Å²) in [6, 6.07) is 4.79. The molecular weight excluding hydrogens is 299 g/mol. The van der Waals surface area contributed by atoms with Crippen LogP contribution in [0.15, 0.2) is 24.4 Å². The van der Waals surface area contributed by atoms with Crippen molar-refractivity contribution in [3.63, 3.8) is 0 Å². The monoisotopic (exact) mass is 318 g/mol. The highest BCUT2D eigenvalue weighted by atomic mass is 19.1. The lowest BCUT2D eigenvalue weighted by Gasteiger charge is -2.21. The van der Waals surface area contributed by atoms with Crippen LogP contribution in [0.2, 0.25) is 0 Å². The van der Waals surface area contributed by atoms with Crippen molar-refractivity contribution in [3.05, 3.63) is 41.3 Å². The largest absolute Gasteiger partial charge is 0.467 e. The molecule has 3 rings (SSSR count). The van der Waals surface area contributed by atoms with E-state index in [1.807, 2.05) is 25.1 Å². The van der Waals surface area contributed by atoms with Gasteiger partial charge in [-0.05, 0) is 30.2 Å². The number of rotatable bonds is 5. The second-order valence-electron chi connectivity index (χ2n) is 5.47. The average Bonchev–Trinajstić information content (AvgIpc) is 2.55. The molecule has 0 saturated heterocycles. The molecule has 0 unspecified atom stereocenters. The molecule has 0 spiro atoms. The van der Waals surface area contributed by atoms with Gasteiger partial charge in [-0.15, -0.1) is 0 Å². The molecule has 2 heterocycles. The number of halogens is 1. The Bertz CT molecular complexity index is 694. The number of nitrogens with zero attached hydrogens (tertiary/aromatic N) is 3. The number of fused-ring (bicyclic) bond motifs is 1. The molecule has 1 aliphatic heterocycles. The van der Waals surface area contributed by atoms with Crippen LogP contribution in [0.4, 0.5) is 16.2 Å². The van der Waals surface area contributed by atoms with Gasteiger partial charge in [0.1, 0.15) is 17.4 Å². The summed E-state index contributed by atoms with van der Waals surface area (Å²) >= 11 is 0. The molecule has 7 heteroatoms. The van der Waals surface area contributed by atoms with Gasteiger partial charge in [0.05, 0.1) is 6.61 Å². The maximum absolute atomic E-state index is 13.7. The SMILES string of the molecule is CN(C)c1ccnc(NCCc2cc(F)cc3c2OCOC3)n1. The Balaban J connectivity index is 1.67. The van der Waals surface area contributed by atoms with Crippen LogP contribution in [0.5, 0.6) is 5.75 Å². The van der Waals surface area contributed by atoms with E-state index in [1.165, 1.54) is 12.1 Å². The third-order valence-electron chi connectivity index (χ3n) is 3.53. The van der Waals surface area contributed by atoms with Gasteiger partial charge in [0.25, 0.3) is 0 Å². The van der Waals surface area contributed by atoms with E-state index >= 15 is 0 Å². The maximum Gasteiger partial charge on any atom is 0.224 e. The second-order valence-corrected chi connectivity index (χ2v) is 5.47. The van der Waals surface area contributed by atoms with Crippen molar-refractivity contribution in [2.45, 2.75) is 13.0 Å². The van der Waals surface area contributed by atoms with Crippen molar-refractivity contribution in [2.75, 3.05) is 37.6 Å². The molecule has 1 N–H and O–H groups in total. The standard InChI is InChI=1S/C16H19FN4O2/c1-21(2)14-4-6-19-16(20-14)18-5-3-11-7-13(17)8-12-9-22-10-23-15(11)12/h4,6-8H,3,5,9-10H2,1-2H3,(H,18,19,20). The van der Waals surface area contributed by atoms with Gasteiger partial charge < -0.3 is 19.7 Å². The Labute approximate surface area is 134 Å². The molecule has 0 fully saturated rings. The summed E-state index contributed by atoms with van der Waals surface area (Å²) < 4.78 is 24.4. The lowest BCUT2D eigenvalue weighted by Crippen LogP contribution is -2.16. The molecular formula is C16H19FN4O2. The highest BCUT2D eigenvalue weighted by Gasteiger charge is 2.16. The van der Waals surface area contributed by atoms with Crippen LogP contribution in [0, 0.1) is 5.82 Å². The fourth-order valence-electron chi connectivity index (χ4n) is 2.43. The van der Waals surface area contributed by atoms with Gasteiger partial charge in [-0.1, -0.05) is 0 Å². The minimum Gasteiger partial charge on any atom is -0.467 e. The van der Waals surface area contributed by atoms with Crippen molar-refractivity contribution in [3.8, 4) is 5.75 Å². The summed E-state index contributed by atoms with van der Waals surface area (Å²) in [5, 5.41) is 3.16. The highest BCUT2D eigenvalue weighted by Crippen LogP contribution is 2.29. The van der Waals surface area contributed by atoms with Crippen molar-refractivity contribution < 1.29 is 13.9 Å². The molecule has 0 bridgehead atoms. The number of nitrogens with one attached hydrogen (secondary N) is 1. The Hall–Kier alpha value is -2.41. The first-order valence-electron chi connectivity index (χ1n) is 7.39. The van der Waals surface area contributed by atoms with E-state index in [0.29, 0.717) is 25.5 Å². The number of benzene rings is 1. The summed E-state index contributed by atoms with van der Waals surface area (Å²) in [7, 11) is 3.84. The van der Waals surface area contributed by atoms with Crippen LogP contribution >= 0.6 is 0 Å². The van der Waals surface area contributed by atoms with Crippen LogP contribution in [0.25, 0.3) is 0 Å². The predicted molar refractivity (Wildman–Crippen MR) is 85.2 cm³/mol. The first kappa shape index (κ1) is 15.5. The third kappa shape index (κ3) is 3.68. The van der Waals surface area contributed by atoms with E-state index in [4.69, 9.17) is 9.47 Å². The van der Waals surface area contributed by atoms with E-state index in [2.05, 4.69) is 15.3 Å². The molecule has 0 aliphatic carbocycles. The zero-order valence-electron chi connectivity index (χ0n) is 13.2. The van der Waals surface area contributed by atoms with Crippen molar-refractivity contribution in [2.24, 2.45) is 0 Å². The van der Waals surface area contributed by atoms with Crippen LogP contribution in [0.1, 0.15) is 11.1 Å². The van der Waals surface area contributed by atoms with Gasteiger partial charge in [0.2, 0.25) is 5.95 Å². The van der Waals surface area contributed by atoms with Crippen LogP contribution in [-0.2, 0) is 17.8 Å². The minimum absolute atomic E-state index is 0.201. The lowest BCUT2D eigenvalue weighted by molar-refractivity contribution is -0.0172. The molecule has 1 aliphatic rings. The smallest absolute Gasteiger partial charge is 0.224 e. The summed E-state index contributed by atoms with van der Waals surface area (Å²) in [6.07, 6.45) is 2.31. The molecule has 23 heavy (non-hydrogen) atoms. The predicted octanol–water partition coefficient (Wildman–Crippen LogP) is 2.20. The highest BCUT2D eigenvalue weighted by molar-refractivity contribution is 5.44. The first-order valence-corrected chi connectivity index (χ1v) is 7.39. The van der Waals surface area contributed by atoms with Crippen LogP contribution in [-0.4, -0.2) is 37.4 Å². The molecule has 0 radical (unpaired) electrons. The first-order chi connectivity index (χ1) is 11.1. The summed E-state index contributed by atoms with van der Waals surface area (Å²) in [5.41, 5.74) is 1.57. The van der Waals surface area contributed by atoms with Gasteiger partial charge in [0, 0.05) is 32.4 Å². The number of hydrogen-bond acceptors (Lipinski definition) is 6. The fourth-order valence-corrected chi connectivity index (χ4v) is 2.43. The van der Waals surface area contributed by atoms with Gasteiger partial charge in [-0.3, -0.25) is 0 Å². The van der Waals surface area contributed by atoms with Gasteiger partial charge >= 0.3 is 0 Å². The molecule has 0 saturated carbocycles. The number of hydrogen-bond donors (Lipinski definition) is 1. The zero-order chi connectivity index (χ0) is 16.2. The topological polar surface area (TPSA) is 59.5 Å². The lowest BCUT2D eigenvalue weighted by atomic mass is 10.1. The number of ether oxygens (including phenoxy) is 2. The number of aromatic nitrogens is 2. The maximum atomic E-state index is 13.7. The molecule has 1 aromatic heterocycles. The molecule has 6 nitrogen and oxygen atoms in total. The number of anilines is 2. The average molecular weight is 318 g/mol. The van der Waals surface area contributed by atoms with Gasteiger partial charge in [0.15, 0.2) is 6.79 Å². The third-order valence-corrected chi connectivity index (χ3v) is 3.53. The Morgan fingerprint density at radius 3 is 3.04 bits per heavy atom. The van der Waals surface area contributed by atoms with Crippen molar-refractivity contribution in [1.82, 2.24) is 9.97 Å². The summed E-state index contributed by atoms with van der Waals surface area (Å²) in [5.74, 6) is 1.82. The Kier molecular flexibility index (Phi) is 4.57. The zero-order valence-corrected chi connectivity index (χ0v) is 13.2. The minimum atomic E-state index is -0.279. The van der Waals surface area contributed by atoms with E-state index in [0.717, 1.165) is 22.7 Å². The Morgan fingerprint density at radius 2 is 2.22 bits per heavy atom. The molecule has 122 valence electrons. The molecule has 0 amide bonds. The van der Waals surface area contributed by atoms with Crippen LogP contribution < -0.4 is 15.0 Å². The van der Waals surface area contributed by atoms with E-state index in [9.17, 15) is 4.39 Å². The second kappa shape index (κ2) is 6.78. The van der Waals surface area contributed by atoms with Crippen molar-refractivity contribution in [1.29, 1.82) is 0 Å². The normalized spacial score (nSPS) is 13.2. The molecule has 1 aromatic carbocycles. The van der Waals surface area contributed by atoms with Crippen LogP contribution in [0.3, 0.4) is 0 Å². The van der Waals surface area contributed by atoms with E-state index in [1.54, 1.807) is 6.20 Å². The van der Waals surface area contributed by atoms with Gasteiger partial charge in [-0.2, -0.15) is 4.98 Å². The fraction of sp³-hybridized carbons (Fsp3) is 0.375. The van der Waals surface area contributed by atoms with Gasteiger partial charge in [-0.25, -0.2) is 9.37 Å². The summed E-state index contributed by atoms with van der Waals surface area (Å²) in [4.78, 5) is 10.5. The quantitative estimate of drug-likeness (QED) is 0.912. The van der Waals surface area contributed by atoms with E-state index in [-0.39, 0.29) is 12.6 Å². The Morgan fingerprint density at radius 1 is 1.35 bits per heavy atom. The molecule has 0 atom stereocenters. The molecule has 2 aromatic rings. The summed E-state index contributed by atoms with van der Waals surface area (Å²) in [6.45, 7) is 1.16. The van der Waals surface area contributed by atoms with E-state index < -0.39 is 0 Å². The van der Waals surface area contributed by atoms with Crippen molar-refractivity contribution >= 4 is 11.8 Å².